The number of carbonyl (C=O) groups is 1. The normalized spacial score (nSPS) is 11.3. The minimum absolute atomic E-state index is 0.0179. The third kappa shape index (κ3) is 2.26. The Morgan fingerprint density at radius 2 is 1.93 bits per heavy atom. The lowest BCUT2D eigenvalue weighted by atomic mass is 10.1. The number of ether oxygens (including phenoxy) is 1. The maximum Gasteiger partial charge on any atom is 0.419 e. The van der Waals surface area contributed by atoms with Crippen LogP contribution in [0.4, 0.5) is 17.6 Å². The van der Waals surface area contributed by atoms with Crippen LogP contribution >= 0.6 is 0 Å². The number of methoxy groups -OCH3 is 1. The zero-order valence-electron chi connectivity index (χ0n) is 7.56. The number of benzene rings is 1. The van der Waals surface area contributed by atoms with Crippen LogP contribution in [0.5, 0.6) is 5.75 Å². The first kappa shape index (κ1) is 11.5. The van der Waals surface area contributed by atoms with Crippen LogP contribution in [0.2, 0.25) is 0 Å². The Labute approximate surface area is 82.5 Å². The molecular formula is C9H6F4O2. The van der Waals surface area contributed by atoms with Gasteiger partial charge in [0.15, 0.2) is 6.29 Å². The molecule has 82 valence electrons. The van der Waals surface area contributed by atoms with E-state index in [9.17, 15) is 22.4 Å². The zero-order chi connectivity index (χ0) is 11.6. The first-order valence-electron chi connectivity index (χ1n) is 3.80. The lowest BCUT2D eigenvalue weighted by Gasteiger charge is -2.12. The molecule has 0 radical (unpaired) electrons. The summed E-state index contributed by atoms with van der Waals surface area (Å²) in [6.45, 7) is 0. The van der Waals surface area contributed by atoms with Gasteiger partial charge in [0.1, 0.15) is 11.6 Å². The van der Waals surface area contributed by atoms with Gasteiger partial charge in [-0.3, -0.25) is 4.79 Å². The van der Waals surface area contributed by atoms with Crippen molar-refractivity contribution < 1.29 is 27.1 Å². The summed E-state index contributed by atoms with van der Waals surface area (Å²) in [5.74, 6) is -1.69. The molecule has 2 nitrogen and oxygen atoms in total. The van der Waals surface area contributed by atoms with Gasteiger partial charge in [-0.25, -0.2) is 4.39 Å². The van der Waals surface area contributed by atoms with Gasteiger partial charge >= 0.3 is 6.18 Å². The van der Waals surface area contributed by atoms with E-state index in [2.05, 4.69) is 4.74 Å². The Morgan fingerprint density at radius 3 is 2.33 bits per heavy atom. The van der Waals surface area contributed by atoms with Crippen LogP contribution in [0, 0.1) is 5.82 Å². The quantitative estimate of drug-likeness (QED) is 0.568. The van der Waals surface area contributed by atoms with Crippen LogP contribution in [-0.2, 0) is 6.18 Å². The molecular weight excluding hydrogens is 216 g/mol. The Morgan fingerprint density at radius 1 is 1.33 bits per heavy atom. The molecule has 0 aliphatic rings. The van der Waals surface area contributed by atoms with Crippen molar-refractivity contribution in [1.82, 2.24) is 0 Å². The summed E-state index contributed by atoms with van der Waals surface area (Å²) in [7, 11) is 0.991. The standard InChI is InChI=1S/C9H6F4O2/c1-15-8-3-7(10)5(4-14)2-6(8)9(11,12)13/h2-4H,1H3. The summed E-state index contributed by atoms with van der Waals surface area (Å²) in [4.78, 5) is 10.3. The first-order valence-corrected chi connectivity index (χ1v) is 3.80. The summed E-state index contributed by atoms with van der Waals surface area (Å²) in [5.41, 5.74) is -1.82. The minimum Gasteiger partial charge on any atom is -0.496 e. The highest BCUT2D eigenvalue weighted by atomic mass is 19.4. The van der Waals surface area contributed by atoms with Gasteiger partial charge in [0, 0.05) is 6.07 Å². The fraction of sp³-hybridized carbons (Fsp3) is 0.222. The van der Waals surface area contributed by atoms with E-state index in [1.54, 1.807) is 0 Å². The van der Waals surface area contributed by atoms with Gasteiger partial charge in [-0.05, 0) is 6.07 Å². The number of alkyl halides is 3. The summed E-state index contributed by atoms with van der Waals surface area (Å²) in [6.07, 6.45) is -4.67. The van der Waals surface area contributed by atoms with E-state index < -0.39 is 28.9 Å². The molecule has 0 aromatic heterocycles. The van der Waals surface area contributed by atoms with Crippen LogP contribution in [-0.4, -0.2) is 13.4 Å². The second-order valence-electron chi connectivity index (χ2n) is 2.69. The summed E-state index contributed by atoms with van der Waals surface area (Å²) >= 11 is 0. The highest BCUT2D eigenvalue weighted by Crippen LogP contribution is 2.37. The van der Waals surface area contributed by atoms with Crippen molar-refractivity contribution in [2.45, 2.75) is 6.18 Å². The highest BCUT2D eigenvalue weighted by Gasteiger charge is 2.35. The van der Waals surface area contributed by atoms with Gasteiger partial charge in [0.25, 0.3) is 0 Å². The zero-order valence-corrected chi connectivity index (χ0v) is 7.56. The summed E-state index contributed by atoms with van der Waals surface area (Å²) < 4.78 is 54.4. The van der Waals surface area contributed by atoms with Crippen LogP contribution in [0.15, 0.2) is 12.1 Å². The van der Waals surface area contributed by atoms with E-state index in [0.29, 0.717) is 12.1 Å². The van der Waals surface area contributed by atoms with Gasteiger partial charge in [0.2, 0.25) is 0 Å². The Balaban J connectivity index is 3.42. The van der Waals surface area contributed by atoms with Crippen molar-refractivity contribution in [2.75, 3.05) is 7.11 Å². The third-order valence-corrected chi connectivity index (χ3v) is 1.75. The molecule has 0 N–H and O–H groups in total. The van der Waals surface area contributed by atoms with E-state index in [1.807, 2.05) is 0 Å². The van der Waals surface area contributed by atoms with Crippen molar-refractivity contribution in [3.63, 3.8) is 0 Å². The number of aldehydes is 1. The maximum absolute atomic E-state index is 12.9. The second-order valence-corrected chi connectivity index (χ2v) is 2.69. The van der Waals surface area contributed by atoms with Crippen molar-refractivity contribution in [3.05, 3.63) is 29.1 Å². The molecule has 1 rings (SSSR count). The maximum atomic E-state index is 12.9. The van der Waals surface area contributed by atoms with Gasteiger partial charge in [-0.1, -0.05) is 0 Å². The number of hydrogen-bond acceptors (Lipinski definition) is 2. The molecule has 0 aliphatic heterocycles. The monoisotopic (exact) mass is 222 g/mol. The molecule has 0 spiro atoms. The lowest BCUT2D eigenvalue weighted by Crippen LogP contribution is -2.09. The molecule has 0 fully saturated rings. The Kier molecular flexibility index (Phi) is 2.97. The van der Waals surface area contributed by atoms with E-state index >= 15 is 0 Å². The molecule has 1 aromatic carbocycles. The molecule has 0 atom stereocenters. The number of carbonyl (C=O) groups excluding carboxylic acids is 1. The average Bonchev–Trinajstić information content (AvgIpc) is 2.15. The lowest BCUT2D eigenvalue weighted by molar-refractivity contribution is -0.138. The third-order valence-electron chi connectivity index (χ3n) is 1.75. The molecule has 0 saturated heterocycles. The highest BCUT2D eigenvalue weighted by molar-refractivity contribution is 5.76. The SMILES string of the molecule is COc1cc(F)c(C=O)cc1C(F)(F)F. The second kappa shape index (κ2) is 3.88. The topological polar surface area (TPSA) is 26.3 Å². The molecule has 0 saturated carbocycles. The Bertz CT molecular complexity index is 384. The molecule has 15 heavy (non-hydrogen) atoms. The van der Waals surface area contributed by atoms with Gasteiger partial charge in [0.05, 0.1) is 18.2 Å². The van der Waals surface area contributed by atoms with Crippen LogP contribution in [0.1, 0.15) is 15.9 Å². The van der Waals surface area contributed by atoms with Gasteiger partial charge < -0.3 is 4.74 Å². The fourth-order valence-corrected chi connectivity index (χ4v) is 1.05. The molecule has 0 amide bonds. The molecule has 1 aromatic rings. The van der Waals surface area contributed by atoms with Gasteiger partial charge in [-0.15, -0.1) is 0 Å². The summed E-state index contributed by atoms with van der Waals surface area (Å²) in [6, 6.07) is 0.952. The minimum atomic E-state index is -4.68. The molecule has 0 bridgehead atoms. The number of hydrogen-bond donors (Lipinski definition) is 0. The largest absolute Gasteiger partial charge is 0.496 e. The van der Waals surface area contributed by atoms with Crippen LogP contribution < -0.4 is 4.74 Å². The van der Waals surface area contributed by atoms with Crippen molar-refractivity contribution in [2.24, 2.45) is 0 Å². The van der Waals surface area contributed by atoms with E-state index in [-0.39, 0.29) is 6.29 Å². The van der Waals surface area contributed by atoms with E-state index in [1.165, 1.54) is 0 Å². The Hall–Kier alpha value is -1.59. The smallest absolute Gasteiger partial charge is 0.419 e. The van der Waals surface area contributed by atoms with Gasteiger partial charge in [-0.2, -0.15) is 13.2 Å². The summed E-state index contributed by atoms with van der Waals surface area (Å²) in [5, 5.41) is 0. The van der Waals surface area contributed by atoms with Crippen molar-refractivity contribution >= 4 is 6.29 Å². The molecule has 0 unspecified atom stereocenters. The average molecular weight is 222 g/mol. The number of halogens is 4. The van der Waals surface area contributed by atoms with Crippen LogP contribution in [0.25, 0.3) is 0 Å². The number of rotatable bonds is 2. The van der Waals surface area contributed by atoms with E-state index in [0.717, 1.165) is 7.11 Å². The predicted molar refractivity (Wildman–Crippen MR) is 43.3 cm³/mol. The molecule has 0 aliphatic carbocycles. The van der Waals surface area contributed by atoms with Crippen molar-refractivity contribution in [3.8, 4) is 5.75 Å². The van der Waals surface area contributed by atoms with Crippen LogP contribution in [0.3, 0.4) is 0 Å². The molecule has 0 heterocycles. The predicted octanol–water partition coefficient (Wildman–Crippen LogP) is 2.67. The van der Waals surface area contributed by atoms with E-state index in [4.69, 9.17) is 0 Å². The van der Waals surface area contributed by atoms with Crippen molar-refractivity contribution in [1.29, 1.82) is 0 Å². The fourth-order valence-electron chi connectivity index (χ4n) is 1.05. The first-order chi connectivity index (χ1) is 6.90. The molecule has 6 heteroatoms.